The van der Waals surface area contributed by atoms with Crippen LogP contribution in [-0.4, -0.2) is 31.2 Å². The number of unbranched alkanes of at least 4 members (excludes halogenated alkanes) is 1. The van der Waals surface area contributed by atoms with Crippen molar-refractivity contribution in [3.05, 3.63) is 63.1 Å². The maximum atomic E-state index is 12.9. The molecule has 1 amide bonds. The highest BCUT2D eigenvalue weighted by molar-refractivity contribution is 7.90. The topological polar surface area (TPSA) is 120 Å². The van der Waals surface area contributed by atoms with Crippen LogP contribution in [0.15, 0.2) is 45.0 Å². The van der Waals surface area contributed by atoms with Gasteiger partial charge < -0.3 is 10.3 Å². The summed E-state index contributed by atoms with van der Waals surface area (Å²) in [6.45, 7) is 5.71. The number of aliphatic imine (C=N–C) groups is 1. The summed E-state index contributed by atoms with van der Waals surface area (Å²) in [5.74, 6) is -0.176. The third kappa shape index (κ3) is 4.62. The van der Waals surface area contributed by atoms with E-state index >= 15 is 0 Å². The van der Waals surface area contributed by atoms with E-state index in [1.807, 2.05) is 19.9 Å². The first-order valence-electron chi connectivity index (χ1n) is 9.90. The molecular formula is C21H26N4O4S. The van der Waals surface area contributed by atoms with Crippen molar-refractivity contribution >= 4 is 21.8 Å². The van der Waals surface area contributed by atoms with Crippen LogP contribution in [-0.2, 0) is 21.4 Å². The molecule has 3 N–H and O–H groups in total. The van der Waals surface area contributed by atoms with Gasteiger partial charge >= 0.3 is 0 Å². The average Bonchev–Trinajstić information content (AvgIpc) is 2.94. The Balaban J connectivity index is 1.84. The second-order valence-corrected chi connectivity index (χ2v) is 9.05. The number of amides is 1. The molecule has 1 aromatic heterocycles. The number of aryl methyl sites for hydroxylation is 2. The predicted molar refractivity (Wildman–Crippen MR) is 115 cm³/mol. The number of pyridine rings is 1. The highest BCUT2D eigenvalue weighted by Crippen LogP contribution is 2.23. The van der Waals surface area contributed by atoms with Crippen LogP contribution in [0.25, 0.3) is 0 Å². The fraction of sp³-hybridized carbons (Fsp3) is 0.381. The number of hydrogen-bond donors (Lipinski definition) is 3. The Morgan fingerprint density at radius 3 is 2.67 bits per heavy atom. The summed E-state index contributed by atoms with van der Waals surface area (Å²) in [7, 11) is -3.68. The number of fused-ring (bicyclic) bond motifs is 1. The Labute approximate surface area is 175 Å². The second kappa shape index (κ2) is 8.83. The molecule has 0 spiro atoms. The van der Waals surface area contributed by atoms with E-state index in [0.717, 1.165) is 24.1 Å². The van der Waals surface area contributed by atoms with Gasteiger partial charge in [0.15, 0.2) is 0 Å². The van der Waals surface area contributed by atoms with Crippen LogP contribution in [0.3, 0.4) is 0 Å². The van der Waals surface area contributed by atoms with Crippen molar-refractivity contribution < 1.29 is 13.2 Å². The normalized spacial score (nSPS) is 16.7. The molecule has 1 atom stereocenters. The number of hydrogen-bond acceptors (Lipinski definition) is 5. The molecule has 2 heterocycles. The first-order chi connectivity index (χ1) is 14.2. The van der Waals surface area contributed by atoms with E-state index in [4.69, 9.17) is 0 Å². The number of aromatic amines is 1. The number of H-pyrrole nitrogens is 1. The minimum Gasteiger partial charge on any atom is -0.350 e. The van der Waals surface area contributed by atoms with Crippen LogP contribution < -0.4 is 15.6 Å². The summed E-state index contributed by atoms with van der Waals surface area (Å²) in [5, 5.41) is 2.78. The van der Waals surface area contributed by atoms with Crippen LogP contribution in [0.2, 0.25) is 0 Å². The first-order valence-corrected chi connectivity index (χ1v) is 11.4. The van der Waals surface area contributed by atoms with E-state index in [1.54, 1.807) is 25.1 Å². The summed E-state index contributed by atoms with van der Waals surface area (Å²) in [6.07, 6.45) is 2.10. The van der Waals surface area contributed by atoms with Crippen molar-refractivity contribution in [3.8, 4) is 0 Å². The lowest BCUT2D eigenvalue weighted by atomic mass is 10.1. The SMILES string of the molecule is CCCCC(N=C1NS(=O)(=O)c2ccccc21)C(=O)NCc1c(C)cc(C)[nH]c1=O. The number of sulfonamides is 1. The van der Waals surface area contributed by atoms with E-state index in [9.17, 15) is 18.0 Å². The molecular weight excluding hydrogens is 404 g/mol. The zero-order chi connectivity index (χ0) is 21.9. The molecule has 3 rings (SSSR count). The van der Waals surface area contributed by atoms with E-state index < -0.39 is 16.1 Å². The fourth-order valence-corrected chi connectivity index (χ4v) is 4.67. The molecule has 160 valence electrons. The highest BCUT2D eigenvalue weighted by Gasteiger charge is 2.31. The molecule has 2 aromatic rings. The highest BCUT2D eigenvalue weighted by atomic mass is 32.2. The van der Waals surface area contributed by atoms with E-state index in [2.05, 4.69) is 20.0 Å². The van der Waals surface area contributed by atoms with Crippen molar-refractivity contribution in [3.63, 3.8) is 0 Å². The fourth-order valence-electron chi connectivity index (χ4n) is 3.43. The molecule has 1 aromatic carbocycles. The molecule has 1 unspecified atom stereocenters. The molecule has 0 saturated heterocycles. The van der Waals surface area contributed by atoms with Gasteiger partial charge in [0.2, 0.25) is 5.91 Å². The van der Waals surface area contributed by atoms with Crippen molar-refractivity contribution in [1.82, 2.24) is 15.0 Å². The van der Waals surface area contributed by atoms with Gasteiger partial charge in [0.05, 0.1) is 4.90 Å². The summed E-state index contributed by atoms with van der Waals surface area (Å²) in [6, 6.07) is 7.62. The second-order valence-electron chi connectivity index (χ2n) is 7.40. The van der Waals surface area contributed by atoms with Gasteiger partial charge in [0, 0.05) is 23.4 Å². The molecule has 0 radical (unpaired) electrons. The van der Waals surface area contributed by atoms with Gasteiger partial charge in [-0.25, -0.2) is 8.42 Å². The lowest BCUT2D eigenvalue weighted by Gasteiger charge is -2.14. The molecule has 30 heavy (non-hydrogen) atoms. The maximum absolute atomic E-state index is 12.9. The number of carbonyl (C=O) groups excluding carboxylic acids is 1. The molecule has 9 heteroatoms. The number of aromatic nitrogens is 1. The molecule has 0 fully saturated rings. The number of nitrogens with one attached hydrogen (secondary N) is 3. The minimum absolute atomic E-state index is 0.0794. The Kier molecular flexibility index (Phi) is 6.40. The predicted octanol–water partition coefficient (Wildman–Crippen LogP) is 1.91. The monoisotopic (exact) mass is 430 g/mol. The molecule has 1 aliphatic heterocycles. The first kappa shape index (κ1) is 21.8. The number of rotatable bonds is 7. The minimum atomic E-state index is -3.68. The summed E-state index contributed by atoms with van der Waals surface area (Å²) in [4.78, 5) is 32.4. The molecule has 0 bridgehead atoms. The number of benzene rings is 1. The van der Waals surface area contributed by atoms with Crippen molar-refractivity contribution in [2.45, 2.75) is 57.5 Å². The molecule has 1 aliphatic rings. The van der Waals surface area contributed by atoms with Gasteiger partial charge in [0.25, 0.3) is 15.6 Å². The molecule has 0 saturated carbocycles. The average molecular weight is 431 g/mol. The maximum Gasteiger partial charge on any atom is 0.263 e. The largest absolute Gasteiger partial charge is 0.350 e. The van der Waals surface area contributed by atoms with Crippen LogP contribution in [0.5, 0.6) is 0 Å². The Morgan fingerprint density at radius 1 is 1.23 bits per heavy atom. The zero-order valence-electron chi connectivity index (χ0n) is 17.3. The Hall–Kier alpha value is -2.94. The van der Waals surface area contributed by atoms with Gasteiger partial charge in [-0.3, -0.25) is 19.3 Å². The number of amidine groups is 1. The van der Waals surface area contributed by atoms with Gasteiger partial charge in [-0.1, -0.05) is 31.9 Å². The lowest BCUT2D eigenvalue weighted by Crippen LogP contribution is -2.36. The standard InChI is InChI=1S/C21H26N4O4S/c1-4-5-9-17(21(27)22-12-16-13(2)11-14(3)23-20(16)26)24-19-15-8-6-7-10-18(15)30(28,29)25-19/h6-8,10-11,17H,4-5,9,12H2,1-3H3,(H,22,27)(H,23,26)(H,24,25). The smallest absolute Gasteiger partial charge is 0.263 e. The molecule has 0 aliphatic carbocycles. The lowest BCUT2D eigenvalue weighted by molar-refractivity contribution is -0.122. The third-order valence-electron chi connectivity index (χ3n) is 5.01. The van der Waals surface area contributed by atoms with Crippen LogP contribution in [0.1, 0.15) is 48.6 Å². The van der Waals surface area contributed by atoms with Crippen LogP contribution in [0, 0.1) is 13.8 Å². The third-order valence-corrected chi connectivity index (χ3v) is 6.41. The zero-order valence-corrected chi connectivity index (χ0v) is 18.1. The van der Waals surface area contributed by atoms with Crippen molar-refractivity contribution in [2.75, 3.05) is 0 Å². The van der Waals surface area contributed by atoms with Crippen LogP contribution >= 0.6 is 0 Å². The van der Waals surface area contributed by atoms with E-state index in [1.165, 1.54) is 6.07 Å². The van der Waals surface area contributed by atoms with Gasteiger partial charge in [-0.2, -0.15) is 0 Å². The number of nitrogens with zero attached hydrogens (tertiary/aromatic N) is 1. The summed E-state index contributed by atoms with van der Waals surface area (Å²) in [5.41, 5.74) is 2.26. The molecule has 8 nitrogen and oxygen atoms in total. The Morgan fingerprint density at radius 2 is 1.97 bits per heavy atom. The van der Waals surface area contributed by atoms with Gasteiger partial charge in [0.1, 0.15) is 11.9 Å². The Bertz CT molecular complexity index is 1150. The van der Waals surface area contributed by atoms with Crippen LogP contribution in [0.4, 0.5) is 0 Å². The number of carbonyl (C=O) groups is 1. The van der Waals surface area contributed by atoms with Crippen molar-refractivity contribution in [1.29, 1.82) is 0 Å². The van der Waals surface area contributed by atoms with Gasteiger partial charge in [-0.05, 0) is 44.0 Å². The van der Waals surface area contributed by atoms with E-state index in [-0.39, 0.29) is 28.7 Å². The summed E-state index contributed by atoms with van der Waals surface area (Å²) < 4.78 is 27.1. The summed E-state index contributed by atoms with van der Waals surface area (Å²) >= 11 is 0. The van der Waals surface area contributed by atoms with Crippen molar-refractivity contribution in [2.24, 2.45) is 4.99 Å². The van der Waals surface area contributed by atoms with Gasteiger partial charge in [-0.15, -0.1) is 0 Å². The van der Waals surface area contributed by atoms with E-state index in [0.29, 0.717) is 17.5 Å². The quantitative estimate of drug-likeness (QED) is 0.621.